The summed E-state index contributed by atoms with van der Waals surface area (Å²) in [5.74, 6) is 0.388. The number of ether oxygens (including phenoxy) is 1. The van der Waals surface area contributed by atoms with E-state index in [1.807, 2.05) is 0 Å². The molecule has 0 amide bonds. The van der Waals surface area contributed by atoms with Crippen molar-refractivity contribution in [1.82, 2.24) is 0 Å². The standard InChI is InChI=1S/C9H7BrCl2O2/c1-14-5-2-6(8(13)4-10)9(12)7(11)3-5/h2-3H,4H2,1H3. The summed E-state index contributed by atoms with van der Waals surface area (Å²) in [7, 11) is 1.50. The number of methoxy groups -OCH3 is 1. The van der Waals surface area contributed by atoms with Gasteiger partial charge in [-0.15, -0.1) is 0 Å². The molecule has 0 heterocycles. The molecule has 0 atom stereocenters. The van der Waals surface area contributed by atoms with Gasteiger partial charge in [-0.25, -0.2) is 0 Å². The van der Waals surface area contributed by atoms with E-state index in [9.17, 15) is 4.79 Å². The predicted molar refractivity (Wildman–Crippen MR) is 61.1 cm³/mol. The van der Waals surface area contributed by atoms with E-state index < -0.39 is 0 Å². The molecule has 14 heavy (non-hydrogen) atoms. The van der Waals surface area contributed by atoms with Crippen LogP contribution in [0.4, 0.5) is 0 Å². The Labute approximate surface area is 100 Å². The Bertz CT molecular complexity index is 366. The molecule has 0 fully saturated rings. The molecular formula is C9H7BrCl2O2. The monoisotopic (exact) mass is 296 g/mol. The number of ketones is 1. The second kappa shape index (κ2) is 5.01. The number of halogens is 3. The summed E-state index contributed by atoms with van der Waals surface area (Å²) < 4.78 is 4.97. The lowest BCUT2D eigenvalue weighted by atomic mass is 10.1. The molecule has 0 bridgehead atoms. The molecule has 1 aromatic rings. The molecule has 0 radical (unpaired) electrons. The van der Waals surface area contributed by atoms with Crippen LogP contribution in [0.25, 0.3) is 0 Å². The highest BCUT2D eigenvalue weighted by atomic mass is 79.9. The molecule has 0 aliphatic rings. The summed E-state index contributed by atoms with van der Waals surface area (Å²) in [4.78, 5) is 11.4. The minimum Gasteiger partial charge on any atom is -0.497 e. The third kappa shape index (κ3) is 2.41. The maximum Gasteiger partial charge on any atom is 0.175 e. The molecule has 1 aromatic carbocycles. The van der Waals surface area contributed by atoms with E-state index >= 15 is 0 Å². The van der Waals surface area contributed by atoms with Gasteiger partial charge in [0.25, 0.3) is 0 Å². The second-order valence-corrected chi connectivity index (χ2v) is 3.87. The highest BCUT2D eigenvalue weighted by Crippen LogP contribution is 2.31. The molecule has 76 valence electrons. The van der Waals surface area contributed by atoms with Gasteiger partial charge in [0, 0.05) is 11.6 Å². The summed E-state index contributed by atoms with van der Waals surface area (Å²) in [6.07, 6.45) is 0. The van der Waals surface area contributed by atoms with E-state index in [2.05, 4.69) is 15.9 Å². The van der Waals surface area contributed by atoms with Crippen LogP contribution < -0.4 is 4.74 Å². The van der Waals surface area contributed by atoms with Gasteiger partial charge in [-0.1, -0.05) is 39.1 Å². The van der Waals surface area contributed by atoms with Crippen LogP contribution in [0.15, 0.2) is 12.1 Å². The van der Waals surface area contributed by atoms with Crippen LogP contribution >= 0.6 is 39.1 Å². The minimum absolute atomic E-state index is 0.129. The zero-order chi connectivity index (χ0) is 10.7. The van der Waals surface area contributed by atoms with Gasteiger partial charge in [0.15, 0.2) is 5.78 Å². The van der Waals surface area contributed by atoms with Gasteiger partial charge in [-0.3, -0.25) is 4.79 Å². The van der Waals surface area contributed by atoms with E-state index in [-0.39, 0.29) is 16.1 Å². The first-order valence-corrected chi connectivity index (χ1v) is 5.60. The van der Waals surface area contributed by atoms with E-state index in [1.54, 1.807) is 12.1 Å². The first-order valence-electron chi connectivity index (χ1n) is 3.72. The molecular weight excluding hydrogens is 291 g/mol. The quantitative estimate of drug-likeness (QED) is 0.630. The van der Waals surface area contributed by atoms with Gasteiger partial charge >= 0.3 is 0 Å². The van der Waals surface area contributed by atoms with Gasteiger partial charge in [-0.2, -0.15) is 0 Å². The smallest absolute Gasteiger partial charge is 0.175 e. The van der Waals surface area contributed by atoms with E-state index in [0.29, 0.717) is 16.3 Å². The number of carbonyl (C=O) groups is 1. The lowest BCUT2D eigenvalue weighted by molar-refractivity contribution is 0.102. The summed E-state index contributed by atoms with van der Waals surface area (Å²) in [6.45, 7) is 0. The summed E-state index contributed by atoms with van der Waals surface area (Å²) in [5.41, 5.74) is 0.368. The zero-order valence-corrected chi connectivity index (χ0v) is 10.4. The van der Waals surface area contributed by atoms with Crippen molar-refractivity contribution >= 4 is 44.9 Å². The van der Waals surface area contributed by atoms with E-state index in [0.717, 1.165) is 0 Å². The summed E-state index contributed by atoms with van der Waals surface area (Å²) >= 11 is 14.8. The van der Waals surface area contributed by atoms with Crippen molar-refractivity contribution in [2.24, 2.45) is 0 Å². The molecule has 0 aliphatic carbocycles. The van der Waals surface area contributed by atoms with E-state index in [4.69, 9.17) is 27.9 Å². The van der Waals surface area contributed by atoms with Crippen molar-refractivity contribution in [2.75, 3.05) is 12.4 Å². The molecule has 0 aliphatic heterocycles. The maximum absolute atomic E-state index is 11.4. The fraction of sp³-hybridized carbons (Fsp3) is 0.222. The normalized spacial score (nSPS) is 10.0. The molecule has 1 rings (SSSR count). The van der Waals surface area contributed by atoms with Crippen molar-refractivity contribution in [3.05, 3.63) is 27.7 Å². The van der Waals surface area contributed by atoms with Crippen molar-refractivity contribution in [2.45, 2.75) is 0 Å². The minimum atomic E-state index is -0.129. The Hall–Kier alpha value is -0.250. The maximum atomic E-state index is 11.4. The third-order valence-corrected chi connectivity index (χ3v) is 2.97. The number of carbonyl (C=O) groups excluding carboxylic acids is 1. The highest BCUT2D eigenvalue weighted by molar-refractivity contribution is 9.09. The van der Waals surface area contributed by atoms with Crippen LogP contribution in [0.2, 0.25) is 10.0 Å². The SMILES string of the molecule is COc1cc(Cl)c(Cl)c(C(=O)CBr)c1. The van der Waals surface area contributed by atoms with Crippen LogP contribution in [0.3, 0.4) is 0 Å². The zero-order valence-electron chi connectivity index (χ0n) is 7.31. The van der Waals surface area contributed by atoms with Crippen LogP contribution in [-0.4, -0.2) is 18.2 Å². The highest BCUT2D eigenvalue weighted by Gasteiger charge is 2.13. The Morgan fingerprint density at radius 3 is 2.64 bits per heavy atom. The molecule has 0 spiro atoms. The molecule has 0 saturated carbocycles. The average molecular weight is 298 g/mol. The lowest BCUT2D eigenvalue weighted by Crippen LogP contribution is -2.01. The summed E-state index contributed by atoms with van der Waals surface area (Å²) in [6, 6.07) is 3.13. The van der Waals surface area contributed by atoms with Crippen LogP contribution in [-0.2, 0) is 0 Å². The lowest BCUT2D eigenvalue weighted by Gasteiger charge is -2.06. The van der Waals surface area contributed by atoms with Crippen LogP contribution in [0, 0.1) is 0 Å². The number of rotatable bonds is 3. The molecule has 0 N–H and O–H groups in total. The first-order chi connectivity index (χ1) is 6.60. The topological polar surface area (TPSA) is 26.3 Å². The van der Waals surface area contributed by atoms with Gasteiger partial charge in [0.05, 0.1) is 22.5 Å². The van der Waals surface area contributed by atoms with Gasteiger partial charge in [0.1, 0.15) is 5.75 Å². The van der Waals surface area contributed by atoms with Crippen molar-refractivity contribution in [3.8, 4) is 5.75 Å². The van der Waals surface area contributed by atoms with Crippen molar-refractivity contribution < 1.29 is 9.53 Å². The Balaban J connectivity index is 3.27. The molecule has 0 aromatic heterocycles. The van der Waals surface area contributed by atoms with Gasteiger partial charge < -0.3 is 4.74 Å². The number of Topliss-reactive ketones (excluding diaryl/α,β-unsaturated/α-hetero) is 1. The Kier molecular flexibility index (Phi) is 4.23. The number of hydrogen-bond donors (Lipinski definition) is 0. The fourth-order valence-corrected chi connectivity index (χ4v) is 1.68. The third-order valence-electron chi connectivity index (χ3n) is 1.66. The van der Waals surface area contributed by atoms with Crippen molar-refractivity contribution in [3.63, 3.8) is 0 Å². The second-order valence-electron chi connectivity index (χ2n) is 2.53. The first kappa shape index (κ1) is 11.8. The number of hydrogen-bond acceptors (Lipinski definition) is 2. The van der Waals surface area contributed by atoms with Gasteiger partial charge in [-0.05, 0) is 6.07 Å². The average Bonchev–Trinajstić information content (AvgIpc) is 2.20. The van der Waals surface area contributed by atoms with Crippen molar-refractivity contribution in [1.29, 1.82) is 0 Å². The Morgan fingerprint density at radius 2 is 2.14 bits per heavy atom. The summed E-state index contributed by atoms with van der Waals surface area (Å²) in [5, 5.41) is 0.781. The molecule has 0 saturated heterocycles. The largest absolute Gasteiger partial charge is 0.497 e. The number of alkyl halides is 1. The van der Waals surface area contributed by atoms with E-state index in [1.165, 1.54) is 7.11 Å². The molecule has 0 unspecified atom stereocenters. The van der Waals surface area contributed by atoms with Crippen LogP contribution in [0.1, 0.15) is 10.4 Å². The van der Waals surface area contributed by atoms with Crippen LogP contribution in [0.5, 0.6) is 5.75 Å². The predicted octanol–water partition coefficient (Wildman–Crippen LogP) is 3.58. The van der Waals surface area contributed by atoms with Gasteiger partial charge in [0.2, 0.25) is 0 Å². The molecule has 2 nitrogen and oxygen atoms in total. The Morgan fingerprint density at radius 1 is 1.50 bits per heavy atom. The molecule has 5 heteroatoms. The fourth-order valence-electron chi connectivity index (χ4n) is 0.957. The number of benzene rings is 1.